The van der Waals surface area contributed by atoms with Gasteiger partial charge in [-0.2, -0.15) is 0 Å². The SMILES string of the molecule is COC(=O)C1=COC(OC)C2C=CCC12. The van der Waals surface area contributed by atoms with E-state index >= 15 is 0 Å². The number of methoxy groups -OCH3 is 2. The van der Waals surface area contributed by atoms with E-state index in [9.17, 15) is 4.79 Å². The largest absolute Gasteiger partial charge is 0.471 e. The third-order valence-electron chi connectivity index (χ3n) is 2.91. The molecule has 0 bridgehead atoms. The number of carbonyl (C=O) groups excluding carboxylic acids is 1. The summed E-state index contributed by atoms with van der Waals surface area (Å²) in [5, 5.41) is 0. The number of ether oxygens (including phenoxy) is 3. The van der Waals surface area contributed by atoms with Crippen molar-refractivity contribution in [3.05, 3.63) is 24.0 Å². The summed E-state index contributed by atoms with van der Waals surface area (Å²) in [5.41, 5.74) is 0.598. The number of rotatable bonds is 2. The lowest BCUT2D eigenvalue weighted by Crippen LogP contribution is -2.34. The van der Waals surface area contributed by atoms with E-state index in [4.69, 9.17) is 14.2 Å². The number of esters is 1. The van der Waals surface area contributed by atoms with Crippen LogP contribution in [0.3, 0.4) is 0 Å². The van der Waals surface area contributed by atoms with Crippen LogP contribution >= 0.6 is 0 Å². The average Bonchev–Trinajstić information content (AvgIpc) is 2.75. The molecular weight excluding hydrogens is 196 g/mol. The van der Waals surface area contributed by atoms with Crippen LogP contribution in [0, 0.1) is 11.8 Å². The fraction of sp³-hybridized carbons (Fsp3) is 0.545. The van der Waals surface area contributed by atoms with Gasteiger partial charge in [-0.05, 0) is 6.42 Å². The van der Waals surface area contributed by atoms with Crippen molar-refractivity contribution in [2.75, 3.05) is 14.2 Å². The fourth-order valence-corrected chi connectivity index (χ4v) is 2.14. The maximum absolute atomic E-state index is 11.5. The minimum absolute atomic E-state index is 0.120. The molecule has 1 aliphatic heterocycles. The summed E-state index contributed by atoms with van der Waals surface area (Å²) in [4.78, 5) is 11.5. The predicted octanol–water partition coefficient (Wildman–Crippen LogP) is 1.24. The molecule has 15 heavy (non-hydrogen) atoms. The highest BCUT2D eigenvalue weighted by atomic mass is 16.7. The quantitative estimate of drug-likeness (QED) is 0.508. The molecule has 0 aromatic carbocycles. The number of hydrogen-bond donors (Lipinski definition) is 0. The molecule has 4 heteroatoms. The molecule has 0 radical (unpaired) electrons. The topological polar surface area (TPSA) is 44.8 Å². The summed E-state index contributed by atoms with van der Waals surface area (Å²) in [6, 6.07) is 0. The molecule has 0 spiro atoms. The van der Waals surface area contributed by atoms with Crippen LogP contribution in [0.25, 0.3) is 0 Å². The predicted molar refractivity (Wildman–Crippen MR) is 52.7 cm³/mol. The van der Waals surface area contributed by atoms with E-state index in [2.05, 4.69) is 0 Å². The third-order valence-corrected chi connectivity index (χ3v) is 2.91. The summed E-state index contributed by atoms with van der Waals surface area (Å²) in [5.74, 6) is -0.0616. The normalized spacial score (nSPS) is 32.9. The zero-order chi connectivity index (χ0) is 10.8. The van der Waals surface area contributed by atoms with Crippen LogP contribution in [0.1, 0.15) is 6.42 Å². The third kappa shape index (κ3) is 1.65. The fourth-order valence-electron chi connectivity index (χ4n) is 2.14. The highest BCUT2D eigenvalue weighted by Gasteiger charge is 2.40. The van der Waals surface area contributed by atoms with Gasteiger partial charge in [0.15, 0.2) is 0 Å². The molecule has 0 amide bonds. The first kappa shape index (κ1) is 10.2. The van der Waals surface area contributed by atoms with Gasteiger partial charge in [-0.25, -0.2) is 4.79 Å². The molecule has 1 heterocycles. The Labute approximate surface area is 88.5 Å². The van der Waals surface area contributed by atoms with Crippen molar-refractivity contribution in [2.24, 2.45) is 11.8 Å². The molecule has 0 saturated carbocycles. The smallest absolute Gasteiger partial charge is 0.337 e. The van der Waals surface area contributed by atoms with Crippen molar-refractivity contribution in [2.45, 2.75) is 12.7 Å². The molecule has 1 aliphatic carbocycles. The maximum atomic E-state index is 11.5. The molecule has 2 aliphatic rings. The lowest BCUT2D eigenvalue weighted by atomic mass is 9.86. The van der Waals surface area contributed by atoms with Crippen molar-refractivity contribution >= 4 is 5.97 Å². The molecular formula is C11H14O4. The monoisotopic (exact) mass is 210 g/mol. The zero-order valence-electron chi connectivity index (χ0n) is 8.80. The van der Waals surface area contributed by atoms with E-state index < -0.39 is 0 Å². The van der Waals surface area contributed by atoms with E-state index in [-0.39, 0.29) is 24.1 Å². The van der Waals surface area contributed by atoms with Crippen LogP contribution in [-0.4, -0.2) is 26.5 Å². The first-order valence-corrected chi connectivity index (χ1v) is 4.91. The molecule has 0 aromatic heterocycles. The van der Waals surface area contributed by atoms with Crippen LogP contribution in [0.4, 0.5) is 0 Å². The van der Waals surface area contributed by atoms with Crippen LogP contribution in [0.5, 0.6) is 0 Å². The second-order valence-electron chi connectivity index (χ2n) is 3.65. The zero-order valence-corrected chi connectivity index (χ0v) is 8.80. The lowest BCUT2D eigenvalue weighted by molar-refractivity contribution is -0.145. The van der Waals surface area contributed by atoms with Crippen molar-refractivity contribution in [3.8, 4) is 0 Å². The summed E-state index contributed by atoms with van der Waals surface area (Å²) >= 11 is 0. The summed E-state index contributed by atoms with van der Waals surface area (Å²) < 4.78 is 15.2. The highest BCUT2D eigenvalue weighted by Crippen LogP contribution is 2.39. The van der Waals surface area contributed by atoms with E-state index in [1.165, 1.54) is 13.4 Å². The maximum Gasteiger partial charge on any atom is 0.337 e. The van der Waals surface area contributed by atoms with Gasteiger partial charge in [-0.15, -0.1) is 0 Å². The standard InChI is InChI=1S/C11H14O4/c1-13-10(12)9-6-15-11(14-2)8-5-3-4-7(8)9/h3,5-8,11H,4H2,1-2H3. The molecule has 0 fully saturated rings. The highest BCUT2D eigenvalue weighted by molar-refractivity contribution is 5.89. The summed E-state index contributed by atoms with van der Waals surface area (Å²) in [7, 11) is 2.98. The number of fused-ring (bicyclic) bond motifs is 1. The summed E-state index contributed by atoms with van der Waals surface area (Å²) in [6.07, 6.45) is 6.10. The Morgan fingerprint density at radius 1 is 1.53 bits per heavy atom. The van der Waals surface area contributed by atoms with Crippen molar-refractivity contribution < 1.29 is 19.0 Å². The lowest BCUT2D eigenvalue weighted by Gasteiger charge is -2.31. The minimum Gasteiger partial charge on any atom is -0.471 e. The van der Waals surface area contributed by atoms with Gasteiger partial charge < -0.3 is 14.2 Å². The van der Waals surface area contributed by atoms with Gasteiger partial charge in [0.2, 0.25) is 6.29 Å². The first-order chi connectivity index (χ1) is 7.27. The number of allylic oxidation sites excluding steroid dienone is 1. The van der Waals surface area contributed by atoms with Gasteiger partial charge in [-0.1, -0.05) is 12.2 Å². The minimum atomic E-state index is -0.316. The molecule has 2 rings (SSSR count). The van der Waals surface area contributed by atoms with Gasteiger partial charge >= 0.3 is 5.97 Å². The van der Waals surface area contributed by atoms with E-state index in [0.29, 0.717) is 5.57 Å². The first-order valence-electron chi connectivity index (χ1n) is 4.91. The Bertz CT molecular complexity index is 319. The van der Waals surface area contributed by atoms with E-state index in [0.717, 1.165) is 6.42 Å². The summed E-state index contributed by atoms with van der Waals surface area (Å²) in [6.45, 7) is 0. The van der Waals surface area contributed by atoms with Gasteiger partial charge in [0.05, 0.1) is 18.9 Å². The van der Waals surface area contributed by atoms with Crippen molar-refractivity contribution in [1.82, 2.24) is 0 Å². The van der Waals surface area contributed by atoms with Gasteiger partial charge in [0.25, 0.3) is 0 Å². The molecule has 3 atom stereocenters. The van der Waals surface area contributed by atoms with Gasteiger partial charge in [0, 0.05) is 18.9 Å². The molecule has 3 unspecified atom stereocenters. The van der Waals surface area contributed by atoms with Crippen LogP contribution in [-0.2, 0) is 19.0 Å². The Balaban J connectivity index is 2.22. The van der Waals surface area contributed by atoms with Gasteiger partial charge in [0.1, 0.15) is 0 Å². The molecule has 0 N–H and O–H groups in total. The second kappa shape index (κ2) is 4.06. The molecule has 0 aromatic rings. The Morgan fingerprint density at radius 2 is 2.33 bits per heavy atom. The van der Waals surface area contributed by atoms with Crippen molar-refractivity contribution in [3.63, 3.8) is 0 Å². The van der Waals surface area contributed by atoms with E-state index in [1.807, 2.05) is 12.2 Å². The van der Waals surface area contributed by atoms with Gasteiger partial charge in [-0.3, -0.25) is 0 Å². The molecule has 82 valence electrons. The number of carbonyl (C=O) groups is 1. The Morgan fingerprint density at radius 3 is 3.00 bits per heavy atom. The number of hydrogen-bond acceptors (Lipinski definition) is 4. The molecule has 0 saturated heterocycles. The average molecular weight is 210 g/mol. The Kier molecular flexibility index (Phi) is 2.77. The van der Waals surface area contributed by atoms with Crippen LogP contribution in [0.15, 0.2) is 24.0 Å². The van der Waals surface area contributed by atoms with Crippen LogP contribution in [0.2, 0.25) is 0 Å². The van der Waals surface area contributed by atoms with E-state index in [1.54, 1.807) is 7.11 Å². The van der Waals surface area contributed by atoms with Crippen molar-refractivity contribution in [1.29, 1.82) is 0 Å². The Hall–Kier alpha value is -1.29. The second-order valence-corrected chi connectivity index (χ2v) is 3.65. The van der Waals surface area contributed by atoms with Crippen LogP contribution < -0.4 is 0 Å². The molecule has 4 nitrogen and oxygen atoms in total.